The van der Waals surface area contributed by atoms with Crippen LogP contribution in [0, 0.1) is 0 Å². The summed E-state index contributed by atoms with van der Waals surface area (Å²) in [6.07, 6.45) is 1.27. The van der Waals surface area contributed by atoms with Crippen LogP contribution in [0.1, 0.15) is 23.1 Å². The molecule has 0 atom stereocenters. The van der Waals surface area contributed by atoms with Gasteiger partial charge in [0.2, 0.25) is 5.91 Å². The summed E-state index contributed by atoms with van der Waals surface area (Å²) >= 11 is 0. The van der Waals surface area contributed by atoms with Gasteiger partial charge in [-0.3, -0.25) is 9.69 Å². The molecular weight excluding hydrogens is 344 g/mol. The molecule has 0 saturated heterocycles. The summed E-state index contributed by atoms with van der Waals surface area (Å²) in [7, 11) is 0. The number of fused-ring (bicyclic) bond motifs is 2. The highest BCUT2D eigenvalue weighted by Gasteiger charge is 2.33. The predicted molar refractivity (Wildman–Crippen MR) is 114 cm³/mol. The van der Waals surface area contributed by atoms with E-state index in [-0.39, 0.29) is 5.91 Å². The Morgan fingerprint density at radius 3 is 2.39 bits per heavy atom. The molecule has 2 aliphatic rings. The van der Waals surface area contributed by atoms with E-state index in [0.717, 1.165) is 45.9 Å². The second-order valence-corrected chi connectivity index (χ2v) is 7.10. The van der Waals surface area contributed by atoms with Gasteiger partial charge in [-0.1, -0.05) is 73.3 Å². The number of hydrogen-bond acceptors (Lipinski definition) is 2. The first-order valence-corrected chi connectivity index (χ1v) is 9.50. The number of amides is 1. The van der Waals surface area contributed by atoms with E-state index in [1.54, 1.807) is 0 Å². The lowest BCUT2D eigenvalue weighted by Crippen LogP contribution is -2.37. The molecule has 0 unspecified atom stereocenters. The van der Waals surface area contributed by atoms with Crippen molar-refractivity contribution < 1.29 is 4.79 Å². The van der Waals surface area contributed by atoms with Crippen LogP contribution < -0.4 is 10.2 Å². The number of rotatable bonds is 2. The third kappa shape index (κ3) is 2.55. The zero-order chi connectivity index (χ0) is 19.1. The first-order chi connectivity index (χ1) is 13.7. The van der Waals surface area contributed by atoms with Crippen LogP contribution in [-0.2, 0) is 11.2 Å². The Hall–Kier alpha value is -3.59. The maximum atomic E-state index is 13.1. The Labute approximate surface area is 164 Å². The normalized spacial score (nSPS) is 15.8. The van der Waals surface area contributed by atoms with E-state index in [1.807, 2.05) is 59.5 Å². The molecule has 136 valence electrons. The Balaban J connectivity index is 1.83. The molecule has 0 spiro atoms. The topological polar surface area (TPSA) is 32.3 Å². The van der Waals surface area contributed by atoms with Crippen molar-refractivity contribution in [3.05, 3.63) is 114 Å². The average molecular weight is 364 g/mol. The summed E-state index contributed by atoms with van der Waals surface area (Å²) in [5.41, 5.74) is 7.90. The van der Waals surface area contributed by atoms with Gasteiger partial charge in [-0.25, -0.2) is 0 Å². The second kappa shape index (κ2) is 6.54. The van der Waals surface area contributed by atoms with E-state index in [4.69, 9.17) is 0 Å². The average Bonchev–Trinajstić information content (AvgIpc) is 2.74. The van der Waals surface area contributed by atoms with Crippen LogP contribution in [0.2, 0.25) is 0 Å². The first-order valence-electron chi connectivity index (χ1n) is 9.50. The minimum Gasteiger partial charge on any atom is -0.354 e. The van der Waals surface area contributed by atoms with Crippen molar-refractivity contribution >= 4 is 22.9 Å². The van der Waals surface area contributed by atoms with E-state index in [2.05, 4.69) is 36.2 Å². The Morgan fingerprint density at radius 2 is 1.54 bits per heavy atom. The number of anilines is 2. The molecule has 3 aromatic carbocycles. The van der Waals surface area contributed by atoms with Crippen molar-refractivity contribution in [3.8, 4) is 0 Å². The van der Waals surface area contributed by atoms with Crippen LogP contribution in [0.3, 0.4) is 0 Å². The largest absolute Gasteiger partial charge is 0.354 e. The number of carbonyl (C=O) groups is 1. The second-order valence-electron chi connectivity index (χ2n) is 7.10. The molecule has 2 aliphatic heterocycles. The fourth-order valence-corrected chi connectivity index (χ4v) is 4.13. The summed E-state index contributed by atoms with van der Waals surface area (Å²) < 4.78 is 0. The molecule has 0 bridgehead atoms. The van der Waals surface area contributed by atoms with Crippen molar-refractivity contribution in [2.75, 3.05) is 10.2 Å². The minimum atomic E-state index is 0.101. The summed E-state index contributed by atoms with van der Waals surface area (Å²) in [5, 5.41) is 3.41. The molecule has 1 amide bonds. The Morgan fingerprint density at radius 1 is 0.821 bits per heavy atom. The van der Waals surface area contributed by atoms with Gasteiger partial charge in [0.25, 0.3) is 0 Å². The monoisotopic (exact) mass is 364 g/mol. The smallest absolute Gasteiger partial charge is 0.231 e. The van der Waals surface area contributed by atoms with Crippen LogP contribution >= 0.6 is 0 Å². The Bertz CT molecular complexity index is 1130. The number of hydrogen-bond donors (Lipinski definition) is 1. The van der Waals surface area contributed by atoms with Crippen molar-refractivity contribution in [1.82, 2.24) is 0 Å². The van der Waals surface area contributed by atoms with Crippen molar-refractivity contribution in [1.29, 1.82) is 0 Å². The van der Waals surface area contributed by atoms with E-state index in [0.29, 0.717) is 6.42 Å². The maximum Gasteiger partial charge on any atom is 0.231 e. The van der Waals surface area contributed by atoms with Crippen LogP contribution in [0.25, 0.3) is 5.57 Å². The van der Waals surface area contributed by atoms with Gasteiger partial charge in [0.15, 0.2) is 0 Å². The molecule has 2 heterocycles. The number of aryl methyl sites for hydroxylation is 1. The van der Waals surface area contributed by atoms with E-state index < -0.39 is 0 Å². The highest BCUT2D eigenvalue weighted by atomic mass is 16.2. The van der Waals surface area contributed by atoms with Gasteiger partial charge in [0.1, 0.15) is 0 Å². The molecule has 0 aromatic heterocycles. The van der Waals surface area contributed by atoms with Gasteiger partial charge in [-0.2, -0.15) is 0 Å². The van der Waals surface area contributed by atoms with E-state index >= 15 is 0 Å². The molecule has 1 N–H and O–H groups in total. The van der Waals surface area contributed by atoms with Gasteiger partial charge in [0, 0.05) is 23.2 Å². The summed E-state index contributed by atoms with van der Waals surface area (Å²) in [6.45, 7) is 4.29. The first kappa shape index (κ1) is 16.6. The maximum absolute atomic E-state index is 13.1. The quantitative estimate of drug-likeness (QED) is 0.663. The highest BCUT2D eigenvalue weighted by Crippen LogP contribution is 2.43. The summed E-state index contributed by atoms with van der Waals surface area (Å²) in [6, 6.07) is 26.6. The number of carbonyl (C=O) groups excluding carboxylic acids is 1. The zero-order valence-electron chi connectivity index (χ0n) is 15.5. The standard InChI is InChI=1S/C25H20N2O/c1-17-25(27-22-14-8-5-9-18(22)15-16-23(27)28)24(19-10-3-2-4-11-19)20-12-6-7-13-21(20)26-17/h2-14,26H,1,15-16H2. The third-order valence-corrected chi connectivity index (χ3v) is 5.38. The number of para-hydroxylation sites is 2. The summed E-state index contributed by atoms with van der Waals surface area (Å²) in [4.78, 5) is 15.0. The lowest BCUT2D eigenvalue weighted by Gasteiger charge is -2.37. The van der Waals surface area contributed by atoms with Gasteiger partial charge in [-0.15, -0.1) is 0 Å². The molecule has 0 aliphatic carbocycles. The van der Waals surface area contributed by atoms with E-state index in [9.17, 15) is 4.79 Å². The lowest BCUT2D eigenvalue weighted by atomic mass is 9.89. The molecule has 5 rings (SSSR count). The predicted octanol–water partition coefficient (Wildman–Crippen LogP) is 5.36. The minimum absolute atomic E-state index is 0.101. The molecule has 3 aromatic rings. The van der Waals surface area contributed by atoms with Crippen LogP contribution in [0.4, 0.5) is 11.4 Å². The molecule has 28 heavy (non-hydrogen) atoms. The van der Waals surface area contributed by atoms with Crippen molar-refractivity contribution in [3.63, 3.8) is 0 Å². The van der Waals surface area contributed by atoms with Gasteiger partial charge >= 0.3 is 0 Å². The van der Waals surface area contributed by atoms with Crippen molar-refractivity contribution in [2.45, 2.75) is 12.8 Å². The van der Waals surface area contributed by atoms with Crippen LogP contribution in [0.15, 0.2) is 96.8 Å². The van der Waals surface area contributed by atoms with Gasteiger partial charge in [-0.05, 0) is 29.7 Å². The third-order valence-electron chi connectivity index (χ3n) is 5.38. The van der Waals surface area contributed by atoms with Gasteiger partial charge in [0.05, 0.1) is 17.1 Å². The highest BCUT2D eigenvalue weighted by molar-refractivity contribution is 6.06. The van der Waals surface area contributed by atoms with Crippen LogP contribution in [-0.4, -0.2) is 5.91 Å². The fourth-order valence-electron chi connectivity index (χ4n) is 4.13. The zero-order valence-corrected chi connectivity index (χ0v) is 15.5. The Kier molecular flexibility index (Phi) is 3.87. The van der Waals surface area contributed by atoms with E-state index in [1.165, 1.54) is 5.56 Å². The molecule has 0 saturated carbocycles. The SMILES string of the molecule is C=C1Nc2ccccc2C(c2ccccc2)=C1N1C(=O)CCc2ccccc21. The van der Waals surface area contributed by atoms with Gasteiger partial charge < -0.3 is 5.32 Å². The molecule has 3 nitrogen and oxygen atoms in total. The van der Waals surface area contributed by atoms with Crippen molar-refractivity contribution in [2.24, 2.45) is 0 Å². The number of nitrogens with one attached hydrogen (secondary N) is 1. The fraction of sp³-hybridized carbons (Fsp3) is 0.0800. The van der Waals surface area contributed by atoms with Crippen LogP contribution in [0.5, 0.6) is 0 Å². The number of benzene rings is 3. The molecule has 3 heteroatoms. The number of nitrogens with zero attached hydrogens (tertiary/aromatic N) is 1. The molecule has 0 fully saturated rings. The summed E-state index contributed by atoms with van der Waals surface area (Å²) in [5.74, 6) is 0.101. The molecular formula is C25H20N2O. The lowest BCUT2D eigenvalue weighted by molar-refractivity contribution is -0.118. The molecule has 0 radical (unpaired) electrons.